The molecular formula is C16H22N2O3. The molecule has 3 atom stereocenters. The van der Waals surface area contributed by atoms with Gasteiger partial charge in [0.25, 0.3) is 0 Å². The van der Waals surface area contributed by atoms with Crippen LogP contribution in [-0.2, 0) is 9.59 Å². The summed E-state index contributed by atoms with van der Waals surface area (Å²) in [5, 5.41) is 15.3. The lowest BCUT2D eigenvalue weighted by Gasteiger charge is -2.28. The molecule has 1 heterocycles. The Morgan fingerprint density at radius 3 is 2.81 bits per heavy atom. The molecule has 5 nitrogen and oxygen atoms in total. The molecule has 0 saturated heterocycles. The van der Waals surface area contributed by atoms with E-state index in [9.17, 15) is 14.7 Å². The van der Waals surface area contributed by atoms with Gasteiger partial charge in [-0.2, -0.15) is 0 Å². The number of para-hydroxylation sites is 1. The maximum atomic E-state index is 12.5. The smallest absolute Gasteiger partial charge is 0.326 e. The van der Waals surface area contributed by atoms with Crippen molar-refractivity contribution in [2.24, 2.45) is 5.92 Å². The van der Waals surface area contributed by atoms with E-state index in [1.807, 2.05) is 38.1 Å². The number of carboxylic acids is 1. The van der Waals surface area contributed by atoms with Crippen molar-refractivity contribution in [1.29, 1.82) is 0 Å². The number of rotatable bonds is 5. The third-order valence-corrected chi connectivity index (χ3v) is 4.18. The Kier molecular flexibility index (Phi) is 4.83. The zero-order chi connectivity index (χ0) is 15.4. The highest BCUT2D eigenvalue weighted by Crippen LogP contribution is 2.31. The lowest BCUT2D eigenvalue weighted by atomic mass is 9.89. The van der Waals surface area contributed by atoms with E-state index in [0.29, 0.717) is 12.8 Å². The molecular weight excluding hydrogens is 268 g/mol. The monoisotopic (exact) mass is 290 g/mol. The van der Waals surface area contributed by atoms with Gasteiger partial charge in [-0.15, -0.1) is 0 Å². The number of amides is 1. The number of aliphatic carboxylic acids is 1. The largest absolute Gasteiger partial charge is 0.480 e. The molecule has 1 amide bonds. The normalized spacial score (nSPS) is 19.8. The maximum Gasteiger partial charge on any atom is 0.326 e. The molecule has 1 aliphatic rings. The Hall–Kier alpha value is -2.04. The molecule has 0 saturated carbocycles. The van der Waals surface area contributed by atoms with Crippen LogP contribution in [0.1, 0.15) is 38.2 Å². The summed E-state index contributed by atoms with van der Waals surface area (Å²) in [4.78, 5) is 23.8. The number of benzene rings is 1. The number of hydrogen-bond acceptors (Lipinski definition) is 3. The highest BCUT2D eigenvalue weighted by atomic mass is 16.4. The zero-order valence-electron chi connectivity index (χ0n) is 12.4. The molecule has 114 valence electrons. The molecule has 5 heteroatoms. The Bertz CT molecular complexity index is 530. The first-order valence-corrected chi connectivity index (χ1v) is 7.40. The SMILES string of the molecule is CCC(C)C(NC(=O)C1CCNc2ccccc21)C(=O)O. The molecule has 0 bridgehead atoms. The lowest BCUT2D eigenvalue weighted by molar-refractivity contribution is -0.143. The predicted molar refractivity (Wildman–Crippen MR) is 81.3 cm³/mol. The van der Waals surface area contributed by atoms with Gasteiger partial charge in [0.2, 0.25) is 5.91 Å². The summed E-state index contributed by atoms with van der Waals surface area (Å²) in [5.74, 6) is -1.55. The van der Waals surface area contributed by atoms with Crippen LogP contribution in [0.4, 0.5) is 5.69 Å². The third-order valence-electron chi connectivity index (χ3n) is 4.18. The average molecular weight is 290 g/mol. The van der Waals surface area contributed by atoms with Gasteiger partial charge in [-0.3, -0.25) is 4.79 Å². The first-order valence-electron chi connectivity index (χ1n) is 7.40. The number of nitrogens with one attached hydrogen (secondary N) is 2. The van der Waals surface area contributed by atoms with Crippen LogP contribution in [0.5, 0.6) is 0 Å². The van der Waals surface area contributed by atoms with E-state index in [1.54, 1.807) is 0 Å². The van der Waals surface area contributed by atoms with Gasteiger partial charge in [0.05, 0.1) is 5.92 Å². The lowest BCUT2D eigenvalue weighted by Crippen LogP contribution is -2.47. The molecule has 0 radical (unpaired) electrons. The maximum absolute atomic E-state index is 12.5. The number of fused-ring (bicyclic) bond motifs is 1. The molecule has 21 heavy (non-hydrogen) atoms. The predicted octanol–water partition coefficient (Wildman–Crippen LogP) is 2.20. The third kappa shape index (κ3) is 3.35. The minimum atomic E-state index is -0.972. The molecule has 3 unspecified atom stereocenters. The van der Waals surface area contributed by atoms with Crippen molar-refractivity contribution in [3.8, 4) is 0 Å². The standard InChI is InChI=1S/C16H22N2O3/c1-3-10(2)14(16(20)21)18-15(19)12-8-9-17-13-7-5-4-6-11(12)13/h4-7,10,12,14,17H,3,8-9H2,1-2H3,(H,18,19)(H,20,21). The van der Waals surface area contributed by atoms with Crippen LogP contribution in [0.15, 0.2) is 24.3 Å². The fourth-order valence-electron chi connectivity index (χ4n) is 2.68. The van der Waals surface area contributed by atoms with Gasteiger partial charge in [-0.05, 0) is 24.0 Å². The van der Waals surface area contributed by atoms with E-state index in [-0.39, 0.29) is 17.7 Å². The summed E-state index contributed by atoms with van der Waals surface area (Å²) in [6.07, 6.45) is 1.38. The van der Waals surface area contributed by atoms with E-state index in [1.165, 1.54) is 0 Å². The van der Waals surface area contributed by atoms with Gasteiger partial charge < -0.3 is 15.7 Å². The summed E-state index contributed by atoms with van der Waals surface area (Å²) in [6.45, 7) is 4.48. The van der Waals surface area contributed by atoms with Crippen molar-refractivity contribution in [3.05, 3.63) is 29.8 Å². The van der Waals surface area contributed by atoms with E-state index >= 15 is 0 Å². The van der Waals surface area contributed by atoms with Crippen molar-refractivity contribution in [2.45, 2.75) is 38.6 Å². The van der Waals surface area contributed by atoms with Gasteiger partial charge in [0, 0.05) is 12.2 Å². The van der Waals surface area contributed by atoms with Crippen LogP contribution >= 0.6 is 0 Å². The Morgan fingerprint density at radius 2 is 2.14 bits per heavy atom. The van der Waals surface area contributed by atoms with E-state index in [0.717, 1.165) is 17.8 Å². The molecule has 1 aromatic rings. The van der Waals surface area contributed by atoms with E-state index in [4.69, 9.17) is 0 Å². The molecule has 2 rings (SSSR count). The number of carbonyl (C=O) groups is 2. The minimum absolute atomic E-state index is 0.0941. The summed E-state index contributed by atoms with van der Waals surface area (Å²) in [5.41, 5.74) is 1.90. The zero-order valence-corrected chi connectivity index (χ0v) is 12.4. The fraction of sp³-hybridized carbons (Fsp3) is 0.500. The second-order valence-electron chi connectivity index (χ2n) is 5.57. The van der Waals surface area contributed by atoms with Crippen molar-refractivity contribution in [1.82, 2.24) is 5.32 Å². The van der Waals surface area contributed by atoms with Crippen molar-refractivity contribution >= 4 is 17.6 Å². The molecule has 3 N–H and O–H groups in total. The molecule has 0 fully saturated rings. The topological polar surface area (TPSA) is 78.4 Å². The van der Waals surface area contributed by atoms with Crippen molar-refractivity contribution < 1.29 is 14.7 Å². The van der Waals surface area contributed by atoms with Crippen LogP contribution in [0.3, 0.4) is 0 Å². The average Bonchev–Trinajstić information content (AvgIpc) is 2.50. The van der Waals surface area contributed by atoms with Gasteiger partial charge >= 0.3 is 5.97 Å². The Morgan fingerprint density at radius 1 is 1.43 bits per heavy atom. The highest BCUT2D eigenvalue weighted by molar-refractivity contribution is 5.90. The number of anilines is 1. The summed E-state index contributed by atoms with van der Waals surface area (Å²) < 4.78 is 0. The van der Waals surface area contributed by atoms with Crippen LogP contribution in [0.25, 0.3) is 0 Å². The number of carbonyl (C=O) groups excluding carboxylic acids is 1. The van der Waals surface area contributed by atoms with Crippen LogP contribution in [0, 0.1) is 5.92 Å². The molecule has 1 aromatic carbocycles. The first-order chi connectivity index (χ1) is 10.0. The van der Waals surface area contributed by atoms with Crippen LogP contribution < -0.4 is 10.6 Å². The fourth-order valence-corrected chi connectivity index (χ4v) is 2.68. The van der Waals surface area contributed by atoms with Gasteiger partial charge in [-0.25, -0.2) is 4.79 Å². The Labute approximate surface area is 124 Å². The molecule has 0 aromatic heterocycles. The highest BCUT2D eigenvalue weighted by Gasteiger charge is 2.31. The van der Waals surface area contributed by atoms with Gasteiger partial charge in [0.15, 0.2) is 0 Å². The summed E-state index contributed by atoms with van der Waals surface area (Å²) in [6, 6.07) is 6.86. The molecule has 0 spiro atoms. The number of carboxylic acid groups (broad SMARTS) is 1. The van der Waals surface area contributed by atoms with Crippen LogP contribution in [-0.4, -0.2) is 29.6 Å². The molecule has 1 aliphatic heterocycles. The second-order valence-corrected chi connectivity index (χ2v) is 5.57. The van der Waals surface area contributed by atoms with Crippen LogP contribution in [0.2, 0.25) is 0 Å². The van der Waals surface area contributed by atoms with Crippen molar-refractivity contribution in [2.75, 3.05) is 11.9 Å². The number of hydrogen-bond donors (Lipinski definition) is 3. The van der Waals surface area contributed by atoms with E-state index in [2.05, 4.69) is 10.6 Å². The van der Waals surface area contributed by atoms with Crippen molar-refractivity contribution in [3.63, 3.8) is 0 Å². The van der Waals surface area contributed by atoms with Gasteiger partial charge in [-0.1, -0.05) is 38.5 Å². The summed E-state index contributed by atoms with van der Waals surface area (Å²) in [7, 11) is 0. The minimum Gasteiger partial charge on any atom is -0.480 e. The Balaban J connectivity index is 2.15. The molecule has 0 aliphatic carbocycles. The first kappa shape index (κ1) is 15.4. The van der Waals surface area contributed by atoms with E-state index < -0.39 is 12.0 Å². The second kappa shape index (κ2) is 6.61. The summed E-state index contributed by atoms with van der Waals surface area (Å²) >= 11 is 0. The quantitative estimate of drug-likeness (QED) is 0.777. The van der Waals surface area contributed by atoms with Gasteiger partial charge in [0.1, 0.15) is 6.04 Å².